The molecule has 0 radical (unpaired) electrons. The van der Waals surface area contributed by atoms with E-state index in [1.165, 1.54) is 12.1 Å². The number of anilines is 1. The molecule has 0 aliphatic carbocycles. The molecular formula is C16H15F3N2O. The lowest BCUT2D eigenvalue weighted by Crippen LogP contribution is -2.31. The highest BCUT2D eigenvalue weighted by molar-refractivity contribution is 5.89. The van der Waals surface area contributed by atoms with Crippen molar-refractivity contribution >= 4 is 11.7 Å². The Bertz CT molecular complexity index is 624. The number of alkyl halides is 3. The van der Waals surface area contributed by atoms with E-state index in [4.69, 9.17) is 0 Å². The summed E-state index contributed by atoms with van der Waals surface area (Å²) in [6, 6.07) is 12.8. The molecule has 0 saturated heterocycles. The number of halogens is 3. The van der Waals surface area contributed by atoms with Gasteiger partial charge in [-0.1, -0.05) is 30.3 Å². The minimum atomic E-state index is -4.36. The fourth-order valence-corrected chi connectivity index (χ4v) is 1.93. The van der Waals surface area contributed by atoms with Crippen LogP contribution in [0.15, 0.2) is 54.6 Å². The summed E-state index contributed by atoms with van der Waals surface area (Å²) in [4.78, 5) is 11.8. The molecule has 3 nitrogen and oxygen atoms in total. The van der Waals surface area contributed by atoms with E-state index in [2.05, 4.69) is 10.6 Å². The quantitative estimate of drug-likeness (QED) is 0.855. The first-order valence-electron chi connectivity index (χ1n) is 6.66. The van der Waals surface area contributed by atoms with E-state index in [0.29, 0.717) is 11.3 Å². The van der Waals surface area contributed by atoms with E-state index >= 15 is 0 Å². The number of carbonyl (C=O) groups excluding carboxylic acids is 1. The van der Waals surface area contributed by atoms with Crippen LogP contribution in [-0.4, -0.2) is 6.03 Å². The molecule has 2 N–H and O–H groups in total. The first-order valence-corrected chi connectivity index (χ1v) is 6.66. The maximum Gasteiger partial charge on any atom is 0.416 e. The van der Waals surface area contributed by atoms with E-state index in [1.807, 2.05) is 6.07 Å². The third-order valence-electron chi connectivity index (χ3n) is 3.12. The zero-order valence-electron chi connectivity index (χ0n) is 11.8. The van der Waals surface area contributed by atoms with E-state index in [1.54, 1.807) is 31.2 Å². The maximum atomic E-state index is 12.5. The zero-order valence-corrected chi connectivity index (χ0v) is 11.8. The molecule has 0 aliphatic heterocycles. The number of urea groups is 1. The molecule has 2 rings (SSSR count). The first-order chi connectivity index (χ1) is 10.4. The molecule has 22 heavy (non-hydrogen) atoms. The molecular weight excluding hydrogens is 293 g/mol. The lowest BCUT2D eigenvalue weighted by atomic mass is 10.1. The Morgan fingerprint density at radius 1 is 1.00 bits per heavy atom. The van der Waals surface area contributed by atoms with Gasteiger partial charge < -0.3 is 10.6 Å². The van der Waals surface area contributed by atoms with Crippen LogP contribution in [0.25, 0.3) is 0 Å². The van der Waals surface area contributed by atoms with E-state index in [0.717, 1.165) is 12.1 Å². The van der Waals surface area contributed by atoms with Crippen molar-refractivity contribution in [2.45, 2.75) is 19.1 Å². The predicted octanol–water partition coefficient (Wildman–Crippen LogP) is 4.59. The second-order valence-corrected chi connectivity index (χ2v) is 4.81. The SMILES string of the molecule is C[C@H](NC(=O)Nc1ccccc1)c1ccc(C(F)(F)F)cc1. The monoisotopic (exact) mass is 308 g/mol. The molecule has 0 bridgehead atoms. The molecule has 2 amide bonds. The van der Waals surface area contributed by atoms with Gasteiger partial charge in [0, 0.05) is 5.69 Å². The van der Waals surface area contributed by atoms with Crippen molar-refractivity contribution < 1.29 is 18.0 Å². The summed E-state index contributed by atoms with van der Waals surface area (Å²) in [5.74, 6) is 0. The van der Waals surface area contributed by atoms with Crippen LogP contribution in [-0.2, 0) is 6.18 Å². The highest BCUT2D eigenvalue weighted by atomic mass is 19.4. The number of hydrogen-bond donors (Lipinski definition) is 2. The van der Waals surface area contributed by atoms with Crippen LogP contribution in [0.3, 0.4) is 0 Å². The Morgan fingerprint density at radius 3 is 2.14 bits per heavy atom. The van der Waals surface area contributed by atoms with Gasteiger partial charge in [-0.3, -0.25) is 0 Å². The Balaban J connectivity index is 1.97. The molecule has 0 fully saturated rings. The molecule has 0 heterocycles. The maximum absolute atomic E-state index is 12.5. The third kappa shape index (κ3) is 4.25. The lowest BCUT2D eigenvalue weighted by Gasteiger charge is -2.16. The first kappa shape index (κ1) is 15.9. The minimum Gasteiger partial charge on any atom is -0.331 e. The van der Waals surface area contributed by atoms with Crippen LogP contribution in [0.5, 0.6) is 0 Å². The molecule has 6 heteroatoms. The second-order valence-electron chi connectivity index (χ2n) is 4.81. The van der Waals surface area contributed by atoms with Gasteiger partial charge in [-0.2, -0.15) is 13.2 Å². The summed E-state index contributed by atoms with van der Waals surface area (Å²) in [6.45, 7) is 1.70. The van der Waals surface area contributed by atoms with Crippen LogP contribution in [0.2, 0.25) is 0 Å². The van der Waals surface area contributed by atoms with Gasteiger partial charge in [-0.15, -0.1) is 0 Å². The van der Waals surface area contributed by atoms with Crippen molar-refractivity contribution in [2.24, 2.45) is 0 Å². The Hall–Kier alpha value is -2.50. The van der Waals surface area contributed by atoms with Gasteiger partial charge in [0.15, 0.2) is 0 Å². The summed E-state index contributed by atoms with van der Waals surface area (Å²) < 4.78 is 37.5. The molecule has 0 saturated carbocycles. The van der Waals surface area contributed by atoms with Crippen LogP contribution in [0, 0.1) is 0 Å². The number of para-hydroxylation sites is 1. The van der Waals surface area contributed by atoms with E-state index < -0.39 is 23.8 Å². The fourth-order valence-electron chi connectivity index (χ4n) is 1.93. The Kier molecular flexibility index (Phi) is 4.70. The molecule has 2 aromatic rings. The lowest BCUT2D eigenvalue weighted by molar-refractivity contribution is -0.137. The molecule has 0 aromatic heterocycles. The van der Waals surface area contributed by atoms with Gasteiger partial charge in [-0.25, -0.2) is 4.79 Å². The van der Waals surface area contributed by atoms with Crippen molar-refractivity contribution in [2.75, 3.05) is 5.32 Å². The zero-order chi connectivity index (χ0) is 16.2. The molecule has 1 atom stereocenters. The second kappa shape index (κ2) is 6.51. The number of hydrogen-bond acceptors (Lipinski definition) is 1. The molecule has 0 aliphatic rings. The van der Waals surface area contributed by atoms with Gasteiger partial charge in [0.1, 0.15) is 0 Å². The summed E-state index contributed by atoms with van der Waals surface area (Å²) in [5.41, 5.74) is 0.521. The van der Waals surface area contributed by atoms with E-state index in [-0.39, 0.29) is 0 Å². The standard InChI is InChI=1S/C16H15F3N2O/c1-11(12-7-9-13(10-8-12)16(17,18)19)20-15(22)21-14-5-3-2-4-6-14/h2-11H,1H3,(H2,20,21,22)/t11-/m0/s1. The largest absolute Gasteiger partial charge is 0.416 e. The van der Waals surface area contributed by atoms with Crippen molar-refractivity contribution in [1.82, 2.24) is 5.32 Å². The van der Waals surface area contributed by atoms with Crippen molar-refractivity contribution in [1.29, 1.82) is 0 Å². The average molecular weight is 308 g/mol. The molecule has 2 aromatic carbocycles. The van der Waals surface area contributed by atoms with Crippen molar-refractivity contribution in [3.05, 3.63) is 65.7 Å². The normalized spacial score (nSPS) is 12.5. The fraction of sp³-hybridized carbons (Fsp3) is 0.188. The van der Waals surface area contributed by atoms with Crippen LogP contribution < -0.4 is 10.6 Å². The van der Waals surface area contributed by atoms with Crippen LogP contribution in [0.1, 0.15) is 24.1 Å². The Labute approximate surface area is 126 Å². The third-order valence-corrected chi connectivity index (χ3v) is 3.12. The number of carbonyl (C=O) groups is 1. The van der Waals surface area contributed by atoms with Crippen LogP contribution >= 0.6 is 0 Å². The smallest absolute Gasteiger partial charge is 0.331 e. The van der Waals surface area contributed by atoms with Crippen molar-refractivity contribution in [3.8, 4) is 0 Å². The van der Waals surface area contributed by atoms with Crippen molar-refractivity contribution in [3.63, 3.8) is 0 Å². The molecule has 0 unspecified atom stereocenters. The van der Waals surface area contributed by atoms with Crippen LogP contribution in [0.4, 0.5) is 23.7 Å². The van der Waals surface area contributed by atoms with Gasteiger partial charge >= 0.3 is 12.2 Å². The number of amides is 2. The van der Waals surface area contributed by atoms with Gasteiger partial charge in [0.25, 0.3) is 0 Å². The summed E-state index contributed by atoms with van der Waals surface area (Å²) >= 11 is 0. The number of benzene rings is 2. The summed E-state index contributed by atoms with van der Waals surface area (Å²) in [5, 5.41) is 5.32. The number of rotatable bonds is 3. The summed E-state index contributed by atoms with van der Waals surface area (Å²) in [7, 11) is 0. The Morgan fingerprint density at radius 2 is 1.59 bits per heavy atom. The minimum absolute atomic E-state index is 0.411. The summed E-state index contributed by atoms with van der Waals surface area (Å²) in [6.07, 6.45) is -4.36. The highest BCUT2D eigenvalue weighted by Gasteiger charge is 2.30. The highest BCUT2D eigenvalue weighted by Crippen LogP contribution is 2.29. The van der Waals surface area contributed by atoms with Gasteiger partial charge in [-0.05, 0) is 36.8 Å². The van der Waals surface area contributed by atoms with Gasteiger partial charge in [0.2, 0.25) is 0 Å². The van der Waals surface area contributed by atoms with Gasteiger partial charge in [0.05, 0.1) is 11.6 Å². The topological polar surface area (TPSA) is 41.1 Å². The molecule has 116 valence electrons. The predicted molar refractivity (Wildman–Crippen MR) is 78.5 cm³/mol. The average Bonchev–Trinajstić information content (AvgIpc) is 2.47. The molecule has 0 spiro atoms. The van der Waals surface area contributed by atoms with E-state index in [9.17, 15) is 18.0 Å². The number of nitrogens with one attached hydrogen (secondary N) is 2.